The molecule has 0 amide bonds. The van der Waals surface area contributed by atoms with E-state index < -0.39 is 0 Å². The van der Waals surface area contributed by atoms with Crippen LogP contribution in [0.2, 0.25) is 0 Å². The lowest BCUT2D eigenvalue weighted by molar-refractivity contribution is 0.104. The predicted octanol–water partition coefficient (Wildman–Crippen LogP) is 4.44. The van der Waals surface area contributed by atoms with E-state index in [0.717, 1.165) is 10.9 Å². The molecule has 0 unspecified atom stereocenters. The fraction of sp³-hybridized carbons (Fsp3) is 0. The molecule has 0 aliphatic rings. The SMILES string of the molecule is O=C(/C=C/c1ccc2ccccc2c1)c1ccc(O)cc1. The van der Waals surface area contributed by atoms with E-state index in [0.29, 0.717) is 5.56 Å². The molecule has 0 atom stereocenters. The number of benzene rings is 3. The van der Waals surface area contributed by atoms with E-state index in [-0.39, 0.29) is 11.5 Å². The number of hydrogen-bond acceptors (Lipinski definition) is 2. The summed E-state index contributed by atoms with van der Waals surface area (Å²) < 4.78 is 0. The van der Waals surface area contributed by atoms with Gasteiger partial charge < -0.3 is 5.11 Å². The normalized spacial score (nSPS) is 11.0. The number of hydrogen-bond donors (Lipinski definition) is 1. The number of phenols is 1. The molecular formula is C19H14O2. The van der Waals surface area contributed by atoms with E-state index in [1.807, 2.05) is 30.3 Å². The highest BCUT2D eigenvalue weighted by Crippen LogP contribution is 2.17. The van der Waals surface area contributed by atoms with Crippen molar-refractivity contribution < 1.29 is 9.90 Å². The third kappa shape index (κ3) is 3.00. The Labute approximate surface area is 123 Å². The molecule has 0 saturated carbocycles. The van der Waals surface area contributed by atoms with Crippen LogP contribution in [0.4, 0.5) is 0 Å². The monoisotopic (exact) mass is 274 g/mol. The summed E-state index contributed by atoms with van der Waals surface area (Å²) in [5.41, 5.74) is 1.55. The zero-order chi connectivity index (χ0) is 14.7. The average molecular weight is 274 g/mol. The molecule has 0 saturated heterocycles. The van der Waals surface area contributed by atoms with E-state index >= 15 is 0 Å². The highest BCUT2D eigenvalue weighted by molar-refractivity contribution is 6.07. The molecule has 0 aromatic heterocycles. The molecule has 1 N–H and O–H groups in total. The molecule has 0 bridgehead atoms. The van der Waals surface area contributed by atoms with Gasteiger partial charge in [-0.15, -0.1) is 0 Å². The van der Waals surface area contributed by atoms with Crippen LogP contribution in [-0.2, 0) is 0 Å². The molecule has 102 valence electrons. The Morgan fingerprint density at radius 3 is 2.33 bits per heavy atom. The third-order valence-electron chi connectivity index (χ3n) is 3.35. The molecule has 21 heavy (non-hydrogen) atoms. The van der Waals surface area contributed by atoms with Crippen LogP contribution in [0.25, 0.3) is 16.8 Å². The van der Waals surface area contributed by atoms with Crippen molar-refractivity contribution in [2.75, 3.05) is 0 Å². The summed E-state index contributed by atoms with van der Waals surface area (Å²) in [6.45, 7) is 0. The molecule has 2 nitrogen and oxygen atoms in total. The third-order valence-corrected chi connectivity index (χ3v) is 3.35. The molecular weight excluding hydrogens is 260 g/mol. The maximum Gasteiger partial charge on any atom is 0.185 e. The first-order chi connectivity index (χ1) is 10.2. The Balaban J connectivity index is 1.83. The number of fused-ring (bicyclic) bond motifs is 1. The number of phenolic OH excluding ortho intramolecular Hbond substituents is 1. The van der Waals surface area contributed by atoms with Crippen LogP contribution in [-0.4, -0.2) is 10.9 Å². The molecule has 2 heteroatoms. The van der Waals surface area contributed by atoms with Crippen molar-refractivity contribution in [2.45, 2.75) is 0 Å². The summed E-state index contributed by atoms with van der Waals surface area (Å²) >= 11 is 0. The number of ketones is 1. The van der Waals surface area contributed by atoms with Crippen LogP contribution < -0.4 is 0 Å². The first-order valence-corrected chi connectivity index (χ1v) is 6.73. The topological polar surface area (TPSA) is 37.3 Å². The fourth-order valence-electron chi connectivity index (χ4n) is 2.21. The molecule has 3 rings (SSSR count). The summed E-state index contributed by atoms with van der Waals surface area (Å²) in [6, 6.07) is 20.4. The van der Waals surface area contributed by atoms with Gasteiger partial charge in [0.1, 0.15) is 5.75 Å². The van der Waals surface area contributed by atoms with E-state index in [4.69, 9.17) is 0 Å². The van der Waals surface area contributed by atoms with E-state index in [9.17, 15) is 9.90 Å². The molecule has 3 aromatic rings. The van der Waals surface area contributed by atoms with Gasteiger partial charge >= 0.3 is 0 Å². The zero-order valence-electron chi connectivity index (χ0n) is 11.4. The van der Waals surface area contributed by atoms with Gasteiger partial charge in [0.25, 0.3) is 0 Å². The summed E-state index contributed by atoms with van der Waals surface area (Å²) in [5, 5.41) is 11.5. The second-order valence-corrected chi connectivity index (χ2v) is 4.85. The first-order valence-electron chi connectivity index (χ1n) is 6.73. The summed E-state index contributed by atoms with van der Waals surface area (Å²) in [4.78, 5) is 12.0. The Kier molecular flexibility index (Phi) is 3.52. The maximum atomic E-state index is 12.0. The van der Waals surface area contributed by atoms with Crippen LogP contribution in [0.5, 0.6) is 5.75 Å². The van der Waals surface area contributed by atoms with Gasteiger partial charge in [0.2, 0.25) is 0 Å². The van der Waals surface area contributed by atoms with Crippen molar-refractivity contribution in [1.29, 1.82) is 0 Å². The van der Waals surface area contributed by atoms with Crippen LogP contribution in [0.1, 0.15) is 15.9 Å². The maximum absolute atomic E-state index is 12.0. The largest absolute Gasteiger partial charge is 0.508 e. The fourth-order valence-corrected chi connectivity index (χ4v) is 2.21. The number of allylic oxidation sites excluding steroid dienone is 1. The van der Waals surface area contributed by atoms with Crippen LogP contribution in [0.3, 0.4) is 0 Å². The van der Waals surface area contributed by atoms with Gasteiger partial charge in [-0.2, -0.15) is 0 Å². The van der Waals surface area contributed by atoms with Gasteiger partial charge in [0.05, 0.1) is 0 Å². The first kappa shape index (κ1) is 13.1. The lowest BCUT2D eigenvalue weighted by Gasteiger charge is -1.99. The minimum absolute atomic E-state index is 0.0804. The lowest BCUT2D eigenvalue weighted by atomic mass is 10.1. The molecule has 0 fully saturated rings. The van der Waals surface area contributed by atoms with Gasteiger partial charge in [-0.05, 0) is 52.7 Å². The zero-order valence-corrected chi connectivity index (χ0v) is 11.4. The molecule has 0 heterocycles. The predicted molar refractivity (Wildman–Crippen MR) is 85.4 cm³/mol. The second-order valence-electron chi connectivity index (χ2n) is 4.85. The van der Waals surface area contributed by atoms with Gasteiger partial charge in [-0.1, -0.05) is 42.5 Å². The Hall–Kier alpha value is -2.87. The van der Waals surface area contributed by atoms with Gasteiger partial charge in [-0.25, -0.2) is 0 Å². The summed E-state index contributed by atoms with van der Waals surface area (Å²) in [7, 11) is 0. The van der Waals surface area contributed by atoms with Crippen LogP contribution >= 0.6 is 0 Å². The molecule has 0 aliphatic carbocycles. The summed E-state index contributed by atoms with van der Waals surface area (Å²) in [6.07, 6.45) is 3.36. The lowest BCUT2D eigenvalue weighted by Crippen LogP contribution is -1.92. The van der Waals surface area contributed by atoms with Crippen molar-refractivity contribution in [3.8, 4) is 5.75 Å². The van der Waals surface area contributed by atoms with E-state index in [2.05, 4.69) is 18.2 Å². The van der Waals surface area contributed by atoms with Gasteiger partial charge in [0.15, 0.2) is 5.78 Å². The number of carbonyl (C=O) groups excluding carboxylic acids is 1. The van der Waals surface area contributed by atoms with Crippen molar-refractivity contribution in [1.82, 2.24) is 0 Å². The Morgan fingerprint density at radius 1 is 0.857 bits per heavy atom. The number of rotatable bonds is 3. The quantitative estimate of drug-likeness (QED) is 0.566. The molecule has 0 radical (unpaired) electrons. The Morgan fingerprint density at radius 2 is 1.57 bits per heavy atom. The van der Waals surface area contributed by atoms with Crippen molar-refractivity contribution in [2.24, 2.45) is 0 Å². The van der Waals surface area contributed by atoms with Gasteiger partial charge in [0, 0.05) is 5.56 Å². The average Bonchev–Trinajstić information content (AvgIpc) is 2.53. The minimum Gasteiger partial charge on any atom is -0.508 e. The van der Waals surface area contributed by atoms with Crippen LogP contribution in [0, 0.1) is 0 Å². The molecule has 0 spiro atoms. The number of aromatic hydroxyl groups is 1. The highest BCUT2D eigenvalue weighted by atomic mass is 16.3. The molecule has 0 aliphatic heterocycles. The second kappa shape index (κ2) is 5.63. The summed E-state index contributed by atoms with van der Waals surface area (Å²) in [5.74, 6) is 0.0771. The van der Waals surface area contributed by atoms with Crippen molar-refractivity contribution in [3.63, 3.8) is 0 Å². The minimum atomic E-state index is -0.0804. The van der Waals surface area contributed by atoms with E-state index in [1.54, 1.807) is 18.2 Å². The standard InChI is InChI=1S/C19H14O2/c20-18-10-8-16(9-11-18)19(21)12-6-14-5-7-15-3-1-2-4-17(15)13-14/h1-13,20H/b12-6+. The van der Waals surface area contributed by atoms with Crippen molar-refractivity contribution >= 4 is 22.6 Å². The molecule has 3 aromatic carbocycles. The highest BCUT2D eigenvalue weighted by Gasteiger charge is 2.01. The smallest absolute Gasteiger partial charge is 0.185 e. The van der Waals surface area contributed by atoms with Gasteiger partial charge in [-0.3, -0.25) is 4.79 Å². The van der Waals surface area contributed by atoms with Crippen LogP contribution in [0.15, 0.2) is 72.8 Å². The Bertz CT molecular complexity index is 814. The van der Waals surface area contributed by atoms with Crippen molar-refractivity contribution in [3.05, 3.63) is 83.9 Å². The van der Waals surface area contributed by atoms with E-state index in [1.165, 1.54) is 17.5 Å². The number of carbonyl (C=O) groups is 1.